The maximum Gasteiger partial charge on any atom is 0.308 e. The molecule has 0 bridgehead atoms. The molecule has 1 fully saturated rings. The van der Waals surface area contributed by atoms with Gasteiger partial charge in [-0.3, -0.25) is 19.0 Å². The summed E-state index contributed by atoms with van der Waals surface area (Å²) < 4.78 is 2.37. The highest BCUT2D eigenvalue weighted by Crippen LogP contribution is 2.37. The van der Waals surface area contributed by atoms with Crippen molar-refractivity contribution >= 4 is 38.9 Å². The normalized spacial score (nSPS) is 17.0. The van der Waals surface area contributed by atoms with Crippen molar-refractivity contribution < 1.29 is 14.7 Å². The number of carbonyl (C=O) groups is 2. The van der Waals surface area contributed by atoms with Gasteiger partial charge in [0.15, 0.2) is 11.6 Å². The molecule has 0 unspecified atom stereocenters. The Bertz CT molecular complexity index is 1010. The number of thiazole rings is 1. The van der Waals surface area contributed by atoms with Gasteiger partial charge in [0.2, 0.25) is 0 Å². The van der Waals surface area contributed by atoms with Crippen LogP contribution in [0.15, 0.2) is 35.2 Å². The Kier molecular flexibility index (Phi) is 4.48. The number of aromatic nitrogens is 1. The van der Waals surface area contributed by atoms with E-state index in [2.05, 4.69) is 6.58 Å². The third-order valence-corrected chi connectivity index (χ3v) is 5.67. The van der Waals surface area contributed by atoms with Crippen LogP contribution in [-0.4, -0.2) is 21.2 Å². The SMILES string of the molecule is C=CCn1c(=O)sc2ccc(C(O)=C3C(=O)CC(C)(C)CC3=O)c(C)c21. The molecule has 0 saturated heterocycles. The third kappa shape index (κ3) is 2.94. The number of aliphatic hydroxyl groups is 1. The molecule has 0 amide bonds. The van der Waals surface area contributed by atoms with Gasteiger partial charge >= 0.3 is 4.87 Å². The lowest BCUT2D eigenvalue weighted by Gasteiger charge is -2.29. The Morgan fingerprint density at radius 3 is 2.46 bits per heavy atom. The second-order valence-electron chi connectivity index (χ2n) is 7.44. The average molecular weight is 371 g/mol. The van der Waals surface area contributed by atoms with Gasteiger partial charge in [-0.25, -0.2) is 0 Å². The zero-order chi connectivity index (χ0) is 19.2. The average Bonchev–Trinajstić information content (AvgIpc) is 2.82. The van der Waals surface area contributed by atoms with E-state index in [-0.39, 0.29) is 40.6 Å². The van der Waals surface area contributed by atoms with Crippen molar-refractivity contribution in [2.75, 3.05) is 0 Å². The molecule has 3 rings (SSSR count). The van der Waals surface area contributed by atoms with Crippen LogP contribution in [0.1, 0.15) is 37.8 Å². The topological polar surface area (TPSA) is 76.4 Å². The molecule has 0 atom stereocenters. The molecule has 6 heteroatoms. The summed E-state index contributed by atoms with van der Waals surface area (Å²) in [5.74, 6) is -0.965. The number of rotatable bonds is 3. The minimum Gasteiger partial charge on any atom is -0.506 e. The summed E-state index contributed by atoms with van der Waals surface area (Å²) in [4.78, 5) is 37.0. The smallest absolute Gasteiger partial charge is 0.308 e. The lowest BCUT2D eigenvalue weighted by atomic mass is 9.73. The monoisotopic (exact) mass is 371 g/mol. The molecule has 1 aliphatic carbocycles. The van der Waals surface area contributed by atoms with Crippen LogP contribution in [0, 0.1) is 12.3 Å². The predicted molar refractivity (Wildman–Crippen MR) is 104 cm³/mol. The van der Waals surface area contributed by atoms with E-state index < -0.39 is 5.41 Å². The van der Waals surface area contributed by atoms with E-state index >= 15 is 0 Å². The summed E-state index contributed by atoms with van der Waals surface area (Å²) in [6.07, 6.45) is 2.08. The van der Waals surface area contributed by atoms with Crippen LogP contribution in [0.3, 0.4) is 0 Å². The number of benzene rings is 1. The van der Waals surface area contributed by atoms with E-state index in [1.165, 1.54) is 0 Å². The molecule has 1 N–H and O–H groups in total. The number of hydrogen-bond donors (Lipinski definition) is 1. The first kappa shape index (κ1) is 18.3. The molecule has 0 spiro atoms. The number of allylic oxidation sites excluding steroid dienone is 2. The van der Waals surface area contributed by atoms with Gasteiger partial charge in [-0.1, -0.05) is 31.3 Å². The molecule has 1 saturated carbocycles. The van der Waals surface area contributed by atoms with Gasteiger partial charge in [0.25, 0.3) is 0 Å². The zero-order valence-electron chi connectivity index (χ0n) is 15.1. The molecular formula is C20H21NO4S. The van der Waals surface area contributed by atoms with Crippen molar-refractivity contribution in [3.63, 3.8) is 0 Å². The van der Waals surface area contributed by atoms with E-state index in [1.807, 2.05) is 13.8 Å². The molecule has 0 aliphatic heterocycles. The Morgan fingerprint density at radius 1 is 1.27 bits per heavy atom. The fourth-order valence-corrected chi connectivity index (χ4v) is 4.51. The second kappa shape index (κ2) is 6.36. The predicted octanol–water partition coefficient (Wildman–Crippen LogP) is 3.78. The number of carbonyl (C=O) groups excluding carboxylic acids is 2. The largest absolute Gasteiger partial charge is 0.506 e. The van der Waals surface area contributed by atoms with Crippen molar-refractivity contribution in [3.8, 4) is 0 Å². The van der Waals surface area contributed by atoms with Crippen LogP contribution in [0.5, 0.6) is 0 Å². The summed E-state index contributed by atoms with van der Waals surface area (Å²) in [7, 11) is 0. The summed E-state index contributed by atoms with van der Waals surface area (Å²) in [6.45, 7) is 9.54. The van der Waals surface area contributed by atoms with Gasteiger partial charge in [0, 0.05) is 24.9 Å². The molecule has 26 heavy (non-hydrogen) atoms. The van der Waals surface area contributed by atoms with E-state index in [9.17, 15) is 19.5 Å². The van der Waals surface area contributed by atoms with Gasteiger partial charge in [-0.2, -0.15) is 0 Å². The summed E-state index contributed by atoms with van der Waals surface area (Å²) in [6, 6.07) is 3.40. The Morgan fingerprint density at radius 2 is 1.88 bits per heavy atom. The van der Waals surface area contributed by atoms with Crippen molar-refractivity contribution in [2.24, 2.45) is 5.41 Å². The molecule has 1 heterocycles. The van der Waals surface area contributed by atoms with E-state index in [4.69, 9.17) is 0 Å². The van der Waals surface area contributed by atoms with E-state index in [0.717, 1.165) is 16.0 Å². The first-order valence-corrected chi connectivity index (χ1v) is 9.22. The van der Waals surface area contributed by atoms with Gasteiger partial charge in [-0.05, 0) is 30.0 Å². The molecular weight excluding hydrogens is 350 g/mol. The van der Waals surface area contributed by atoms with Gasteiger partial charge in [0.1, 0.15) is 11.3 Å². The van der Waals surface area contributed by atoms with Crippen LogP contribution >= 0.6 is 11.3 Å². The number of fused-ring (bicyclic) bond motifs is 1. The quantitative estimate of drug-likeness (QED) is 0.385. The lowest BCUT2D eigenvalue weighted by Crippen LogP contribution is -2.32. The van der Waals surface area contributed by atoms with E-state index in [1.54, 1.807) is 29.7 Å². The number of aliphatic hydroxyl groups excluding tert-OH is 1. The van der Waals surface area contributed by atoms with Crippen LogP contribution in [-0.2, 0) is 16.1 Å². The first-order valence-electron chi connectivity index (χ1n) is 8.40. The molecule has 2 aromatic rings. The third-order valence-electron chi connectivity index (χ3n) is 4.72. The fourth-order valence-electron chi connectivity index (χ4n) is 3.55. The highest BCUT2D eigenvalue weighted by atomic mass is 32.1. The Hall–Kier alpha value is -2.47. The van der Waals surface area contributed by atoms with Gasteiger partial charge < -0.3 is 5.11 Å². The summed E-state index contributed by atoms with van der Waals surface area (Å²) >= 11 is 1.12. The van der Waals surface area contributed by atoms with Crippen molar-refractivity contribution in [2.45, 2.75) is 40.2 Å². The van der Waals surface area contributed by atoms with Gasteiger partial charge in [0.05, 0.1) is 10.2 Å². The number of ketones is 2. The Labute approximate surface area is 155 Å². The van der Waals surface area contributed by atoms with Crippen molar-refractivity contribution in [1.82, 2.24) is 4.57 Å². The van der Waals surface area contributed by atoms with Crippen LogP contribution < -0.4 is 4.87 Å². The maximum atomic E-state index is 12.5. The highest BCUT2D eigenvalue weighted by Gasteiger charge is 2.38. The van der Waals surface area contributed by atoms with Gasteiger partial charge in [-0.15, -0.1) is 6.58 Å². The van der Waals surface area contributed by atoms with Crippen molar-refractivity contribution in [1.29, 1.82) is 0 Å². The number of hydrogen-bond acceptors (Lipinski definition) is 5. The minimum absolute atomic E-state index is 0.112. The molecule has 1 aromatic heterocycles. The molecule has 5 nitrogen and oxygen atoms in total. The minimum atomic E-state index is -0.394. The van der Waals surface area contributed by atoms with Crippen LogP contribution in [0.25, 0.3) is 16.0 Å². The highest BCUT2D eigenvalue weighted by molar-refractivity contribution is 7.16. The molecule has 1 aromatic carbocycles. The number of aryl methyl sites for hydroxylation is 1. The number of nitrogens with zero attached hydrogens (tertiary/aromatic N) is 1. The standard InChI is InChI=1S/C20H21NO4S/c1-5-8-21-17-11(2)12(6-7-15(17)26-19(21)25)18(24)16-13(22)9-20(3,4)10-14(16)23/h5-7,24H,1,8-10H2,2-4H3. The zero-order valence-corrected chi connectivity index (χ0v) is 15.9. The van der Waals surface area contributed by atoms with Crippen LogP contribution in [0.2, 0.25) is 0 Å². The molecule has 0 radical (unpaired) electrons. The van der Waals surface area contributed by atoms with Crippen LogP contribution in [0.4, 0.5) is 0 Å². The van der Waals surface area contributed by atoms with Crippen molar-refractivity contribution in [3.05, 3.63) is 51.2 Å². The fraction of sp³-hybridized carbons (Fsp3) is 0.350. The maximum absolute atomic E-state index is 12.5. The summed E-state index contributed by atoms with van der Waals surface area (Å²) in [5, 5.41) is 10.8. The lowest BCUT2D eigenvalue weighted by molar-refractivity contribution is -0.127. The first-order chi connectivity index (χ1) is 12.2. The summed E-state index contributed by atoms with van der Waals surface area (Å²) in [5.41, 5.74) is 1.25. The van der Waals surface area contributed by atoms with E-state index in [0.29, 0.717) is 23.2 Å². The number of Topliss-reactive ketones (excluding diaryl/α,β-unsaturated/α-hetero) is 2. The molecule has 136 valence electrons. The molecule has 1 aliphatic rings. The Balaban J connectivity index is 2.22. The second-order valence-corrected chi connectivity index (χ2v) is 8.43.